The maximum absolute atomic E-state index is 12.7. The number of carbonyl (C=O) groups is 1. The molecule has 0 unspecified atom stereocenters. The van der Waals surface area contributed by atoms with Crippen LogP contribution in [0.2, 0.25) is 0 Å². The van der Waals surface area contributed by atoms with Gasteiger partial charge in [-0.05, 0) is 60.3 Å². The van der Waals surface area contributed by atoms with Gasteiger partial charge in [0.25, 0.3) is 10.0 Å². The summed E-state index contributed by atoms with van der Waals surface area (Å²) in [7, 11) is -3.78. The highest BCUT2D eigenvalue weighted by Crippen LogP contribution is 2.25. The molecule has 33 heavy (non-hydrogen) atoms. The Balaban J connectivity index is 1.65. The molecule has 0 saturated carbocycles. The van der Waals surface area contributed by atoms with Crippen molar-refractivity contribution in [2.75, 3.05) is 0 Å². The quantitative estimate of drug-likeness (QED) is 0.196. The van der Waals surface area contributed by atoms with E-state index in [1.54, 1.807) is 53.9 Å². The van der Waals surface area contributed by atoms with Crippen molar-refractivity contribution >= 4 is 38.7 Å². The maximum Gasteiger partial charge on any atom is 0.343 e. The number of carbonyl (C=O) groups excluding carboxylic acids is 1. The van der Waals surface area contributed by atoms with Crippen LogP contribution in [-0.4, -0.2) is 19.0 Å². The van der Waals surface area contributed by atoms with Crippen molar-refractivity contribution in [3.05, 3.63) is 100 Å². The molecule has 2 heterocycles. The van der Waals surface area contributed by atoms with Crippen LogP contribution in [0, 0.1) is 0 Å². The average Bonchev–Trinajstić information content (AvgIpc) is 3.50. The smallest absolute Gasteiger partial charge is 0.343 e. The van der Waals surface area contributed by atoms with Crippen LogP contribution >= 0.6 is 22.7 Å². The second-order valence-corrected chi connectivity index (χ2v) is 10.5. The number of sulfonamides is 1. The Kier molecular flexibility index (Phi) is 7.02. The van der Waals surface area contributed by atoms with Crippen molar-refractivity contribution in [2.45, 2.75) is 17.7 Å². The van der Waals surface area contributed by atoms with Gasteiger partial charge in [-0.2, -0.15) is 8.42 Å². The highest BCUT2D eigenvalue weighted by molar-refractivity contribution is 7.92. The van der Waals surface area contributed by atoms with E-state index in [1.807, 2.05) is 47.2 Å². The van der Waals surface area contributed by atoms with Gasteiger partial charge >= 0.3 is 5.97 Å². The van der Waals surface area contributed by atoms with Crippen molar-refractivity contribution in [3.8, 4) is 17.0 Å². The molecule has 0 aliphatic heterocycles. The number of thiazole rings is 1. The molecule has 9 heteroatoms. The van der Waals surface area contributed by atoms with Gasteiger partial charge in [-0.3, -0.25) is 0 Å². The number of esters is 1. The third kappa shape index (κ3) is 5.39. The third-order valence-electron chi connectivity index (χ3n) is 4.64. The summed E-state index contributed by atoms with van der Waals surface area (Å²) < 4.78 is 36.9. The van der Waals surface area contributed by atoms with Gasteiger partial charge in [0.2, 0.25) is 4.80 Å². The van der Waals surface area contributed by atoms with Crippen molar-refractivity contribution < 1.29 is 17.9 Å². The first kappa shape index (κ1) is 22.9. The molecule has 4 rings (SSSR count). The van der Waals surface area contributed by atoms with Gasteiger partial charge in [0.1, 0.15) is 9.96 Å². The second-order valence-electron chi connectivity index (χ2n) is 6.86. The number of hydrogen-bond donors (Lipinski definition) is 0. The molecule has 0 saturated heterocycles. The molecule has 2 aromatic heterocycles. The van der Waals surface area contributed by atoms with Crippen molar-refractivity contribution in [1.82, 2.24) is 4.57 Å². The fourth-order valence-electron chi connectivity index (χ4n) is 3.01. The predicted octanol–water partition coefficient (Wildman–Crippen LogP) is 5.36. The van der Waals surface area contributed by atoms with Crippen LogP contribution in [0.1, 0.15) is 17.3 Å². The summed E-state index contributed by atoms with van der Waals surface area (Å²) in [5, 5.41) is 3.58. The number of nitrogens with zero attached hydrogens (tertiary/aromatic N) is 2. The van der Waals surface area contributed by atoms with Crippen molar-refractivity contribution in [1.29, 1.82) is 0 Å². The molecule has 0 spiro atoms. The van der Waals surface area contributed by atoms with E-state index < -0.39 is 16.0 Å². The van der Waals surface area contributed by atoms with E-state index in [2.05, 4.69) is 4.40 Å². The van der Waals surface area contributed by atoms with Crippen molar-refractivity contribution in [2.24, 2.45) is 4.40 Å². The molecule has 0 N–H and O–H groups in total. The Morgan fingerprint density at radius 3 is 2.45 bits per heavy atom. The van der Waals surface area contributed by atoms with Gasteiger partial charge < -0.3 is 9.30 Å². The van der Waals surface area contributed by atoms with Crippen LogP contribution in [-0.2, 0) is 16.6 Å². The molecule has 0 aliphatic rings. The summed E-state index contributed by atoms with van der Waals surface area (Å²) in [5.74, 6) is -0.00470. The molecule has 4 aromatic rings. The number of hydrogen-bond acceptors (Lipinski definition) is 6. The zero-order chi connectivity index (χ0) is 23.3. The summed E-state index contributed by atoms with van der Waals surface area (Å²) >= 11 is 2.40. The number of aromatic nitrogens is 1. The van der Waals surface area contributed by atoms with Crippen LogP contribution in [0.4, 0.5) is 0 Å². The lowest BCUT2D eigenvalue weighted by Gasteiger charge is -2.08. The van der Waals surface area contributed by atoms with Gasteiger partial charge in [-0.1, -0.05) is 36.4 Å². The second kappa shape index (κ2) is 10.1. The van der Waals surface area contributed by atoms with Gasteiger partial charge in [-0.15, -0.1) is 27.1 Å². The summed E-state index contributed by atoms with van der Waals surface area (Å²) in [6, 6.07) is 19.1. The minimum absolute atomic E-state index is 0.208. The number of ether oxygens (including phenoxy) is 1. The fraction of sp³-hybridized carbons (Fsp3) is 0.0833. The van der Waals surface area contributed by atoms with Gasteiger partial charge in [0, 0.05) is 11.9 Å². The van der Waals surface area contributed by atoms with E-state index in [9.17, 15) is 13.2 Å². The fourth-order valence-corrected chi connectivity index (χ4v) is 6.12. The van der Waals surface area contributed by atoms with E-state index in [4.69, 9.17) is 4.74 Å². The molecule has 2 aromatic carbocycles. The minimum atomic E-state index is -3.78. The Morgan fingerprint density at radius 1 is 1.03 bits per heavy atom. The molecule has 0 atom stereocenters. The molecule has 0 aliphatic carbocycles. The standard InChI is InChI=1S/C24H20N2O4S3/c1-2-3-15-26-21(17-32-24(26)25-33(28,29)22-10-7-16-31-22)18-11-13-20(14-12-18)30-23(27)19-8-5-4-6-9-19/h2-14,16-17H,15H2,1H3. The van der Waals surface area contributed by atoms with E-state index in [0.717, 1.165) is 22.6 Å². The van der Waals surface area contributed by atoms with E-state index in [1.165, 1.54) is 11.3 Å². The van der Waals surface area contributed by atoms with E-state index in [0.29, 0.717) is 22.7 Å². The number of allylic oxidation sites excluding steroid dienone is 2. The molecule has 6 nitrogen and oxygen atoms in total. The minimum Gasteiger partial charge on any atom is -0.423 e. The summed E-state index contributed by atoms with van der Waals surface area (Å²) in [6.45, 7) is 2.38. The molecule has 0 amide bonds. The van der Waals surface area contributed by atoms with Crippen LogP contribution < -0.4 is 9.54 Å². The lowest BCUT2D eigenvalue weighted by atomic mass is 10.1. The van der Waals surface area contributed by atoms with E-state index >= 15 is 0 Å². The average molecular weight is 497 g/mol. The number of thiophene rings is 1. The highest BCUT2D eigenvalue weighted by atomic mass is 32.2. The van der Waals surface area contributed by atoms with Gasteiger partial charge in [-0.25, -0.2) is 4.79 Å². The highest BCUT2D eigenvalue weighted by Gasteiger charge is 2.16. The first-order chi connectivity index (χ1) is 16.0. The normalized spacial score (nSPS) is 12.3. The number of benzene rings is 2. The van der Waals surface area contributed by atoms with Gasteiger partial charge in [0.15, 0.2) is 0 Å². The van der Waals surface area contributed by atoms with Crippen LogP contribution in [0.3, 0.4) is 0 Å². The van der Waals surface area contributed by atoms with Crippen LogP contribution in [0.15, 0.2) is 98.2 Å². The monoisotopic (exact) mass is 496 g/mol. The lowest BCUT2D eigenvalue weighted by Crippen LogP contribution is -2.17. The topological polar surface area (TPSA) is 77.7 Å². The van der Waals surface area contributed by atoms with Crippen LogP contribution in [0.25, 0.3) is 11.3 Å². The Bertz CT molecular complexity index is 1430. The SMILES string of the molecule is CC=CCn1c(-c2ccc(OC(=O)c3ccccc3)cc2)csc1=NS(=O)(=O)c1cccs1. The van der Waals surface area contributed by atoms with E-state index in [-0.39, 0.29) is 4.21 Å². The molecular weight excluding hydrogens is 476 g/mol. The first-order valence-corrected chi connectivity index (χ1v) is 13.2. The zero-order valence-electron chi connectivity index (χ0n) is 17.6. The zero-order valence-corrected chi connectivity index (χ0v) is 20.1. The largest absolute Gasteiger partial charge is 0.423 e. The number of rotatable bonds is 7. The molecular formula is C24H20N2O4S3. The molecule has 0 radical (unpaired) electrons. The summed E-state index contributed by atoms with van der Waals surface area (Å²) in [6.07, 6.45) is 3.83. The Morgan fingerprint density at radius 2 is 1.79 bits per heavy atom. The third-order valence-corrected chi connectivity index (χ3v) is 8.26. The van der Waals surface area contributed by atoms with Crippen molar-refractivity contribution in [3.63, 3.8) is 0 Å². The Labute approximate surface area is 199 Å². The summed E-state index contributed by atoms with van der Waals surface area (Å²) in [5.41, 5.74) is 2.14. The molecule has 0 fully saturated rings. The lowest BCUT2D eigenvalue weighted by molar-refractivity contribution is 0.0734. The Hall–Kier alpha value is -3.27. The predicted molar refractivity (Wildman–Crippen MR) is 131 cm³/mol. The molecule has 168 valence electrons. The summed E-state index contributed by atoms with van der Waals surface area (Å²) in [4.78, 5) is 12.7. The maximum atomic E-state index is 12.7. The van der Waals surface area contributed by atoms with Crippen LogP contribution in [0.5, 0.6) is 5.75 Å². The first-order valence-electron chi connectivity index (χ1n) is 9.99. The van der Waals surface area contributed by atoms with Gasteiger partial charge in [0.05, 0.1) is 11.3 Å². The molecule has 0 bridgehead atoms.